The van der Waals surface area contributed by atoms with Crippen LogP contribution in [0, 0.1) is 6.92 Å². The second-order valence-corrected chi connectivity index (χ2v) is 10.6. The van der Waals surface area contributed by atoms with Crippen molar-refractivity contribution in [1.82, 2.24) is 25.1 Å². The molecule has 1 aliphatic carbocycles. The van der Waals surface area contributed by atoms with Gasteiger partial charge in [0.05, 0.1) is 30.6 Å². The maximum atomic E-state index is 6.71. The second-order valence-electron chi connectivity index (χ2n) is 10.6. The van der Waals surface area contributed by atoms with E-state index in [0.29, 0.717) is 12.0 Å². The van der Waals surface area contributed by atoms with Crippen molar-refractivity contribution in [1.29, 1.82) is 0 Å². The van der Waals surface area contributed by atoms with Gasteiger partial charge in [-0.05, 0) is 55.0 Å². The van der Waals surface area contributed by atoms with Gasteiger partial charge in [0, 0.05) is 79.3 Å². The van der Waals surface area contributed by atoms with Crippen LogP contribution in [0.2, 0.25) is 0 Å². The number of hydrogen-bond donors (Lipinski definition) is 1. The molecule has 5 heterocycles. The summed E-state index contributed by atoms with van der Waals surface area (Å²) in [7, 11) is 0. The number of ether oxygens (including phenoxy) is 3. The summed E-state index contributed by atoms with van der Waals surface area (Å²) < 4.78 is 18.0. The van der Waals surface area contributed by atoms with E-state index in [1.807, 2.05) is 19.3 Å². The highest BCUT2D eigenvalue weighted by atomic mass is 16.5. The first-order valence-corrected chi connectivity index (χ1v) is 13.5. The number of hydrogen-bond acceptors (Lipinski definition) is 7. The van der Waals surface area contributed by atoms with E-state index in [1.54, 1.807) is 0 Å². The van der Waals surface area contributed by atoms with Crippen LogP contribution in [0.3, 0.4) is 0 Å². The molecule has 0 bridgehead atoms. The zero-order valence-corrected chi connectivity index (χ0v) is 21.3. The maximum Gasteiger partial charge on any atom is 0.221 e. The van der Waals surface area contributed by atoms with Crippen LogP contribution in [0.25, 0.3) is 32.8 Å². The molecular weight excluding hydrogens is 466 g/mol. The van der Waals surface area contributed by atoms with Crippen LogP contribution in [0.1, 0.15) is 43.0 Å². The van der Waals surface area contributed by atoms with Gasteiger partial charge in [0.1, 0.15) is 6.10 Å². The summed E-state index contributed by atoms with van der Waals surface area (Å²) in [6.45, 7) is 7.27. The number of H-pyrrole nitrogens is 1. The van der Waals surface area contributed by atoms with Gasteiger partial charge in [-0.25, -0.2) is 4.98 Å². The monoisotopic (exact) mass is 499 g/mol. The number of aromatic amines is 1. The number of pyridine rings is 2. The fraction of sp³-hybridized carbons (Fsp3) is 0.483. The fourth-order valence-corrected chi connectivity index (χ4v) is 6.13. The third kappa shape index (κ3) is 4.37. The van der Waals surface area contributed by atoms with Gasteiger partial charge in [0.15, 0.2) is 0 Å². The number of morpholine rings is 1. The smallest absolute Gasteiger partial charge is 0.221 e. The lowest BCUT2D eigenvalue weighted by molar-refractivity contribution is -0.0380. The molecule has 0 amide bonds. The van der Waals surface area contributed by atoms with Gasteiger partial charge in [-0.3, -0.25) is 15.0 Å². The molecule has 0 radical (unpaired) electrons. The van der Waals surface area contributed by atoms with Crippen LogP contribution in [0.15, 0.2) is 36.7 Å². The number of nitrogens with zero attached hydrogens (tertiary/aromatic N) is 4. The van der Waals surface area contributed by atoms with E-state index in [2.05, 4.69) is 44.3 Å². The SMILES string of the molecule is Cc1cc(-c2c(C3CCOCC3)nc(O[C@H]3C[C@@H](N4CCOCC4)C3)c3cc4[nH]ncc4cc23)ccn1. The summed E-state index contributed by atoms with van der Waals surface area (Å²) in [6, 6.07) is 9.24. The summed E-state index contributed by atoms with van der Waals surface area (Å²) in [6.07, 6.45) is 7.96. The predicted octanol–water partition coefficient (Wildman–Crippen LogP) is 4.62. The lowest BCUT2D eigenvalue weighted by atomic mass is 9.86. The Hall–Kier alpha value is -3.07. The van der Waals surface area contributed by atoms with Gasteiger partial charge in [-0.15, -0.1) is 0 Å². The Labute approximate surface area is 216 Å². The van der Waals surface area contributed by atoms with Gasteiger partial charge in [-0.1, -0.05) is 0 Å². The first-order chi connectivity index (χ1) is 18.2. The molecule has 192 valence electrons. The second kappa shape index (κ2) is 9.67. The van der Waals surface area contributed by atoms with Crippen molar-refractivity contribution in [3.8, 4) is 17.0 Å². The summed E-state index contributed by atoms with van der Waals surface area (Å²) in [5.74, 6) is 1.07. The third-order valence-corrected chi connectivity index (χ3v) is 8.26. The summed E-state index contributed by atoms with van der Waals surface area (Å²) in [5, 5.41) is 10.7. The Morgan fingerprint density at radius 2 is 1.81 bits per heavy atom. The summed E-state index contributed by atoms with van der Waals surface area (Å²) in [4.78, 5) is 12.3. The summed E-state index contributed by atoms with van der Waals surface area (Å²) >= 11 is 0. The normalized spacial score (nSPS) is 23.4. The number of rotatable bonds is 5. The van der Waals surface area contributed by atoms with E-state index >= 15 is 0 Å². The van der Waals surface area contributed by atoms with E-state index in [9.17, 15) is 0 Å². The molecule has 8 nitrogen and oxygen atoms in total. The van der Waals surface area contributed by atoms with Crippen molar-refractivity contribution in [3.63, 3.8) is 0 Å². The number of aromatic nitrogens is 4. The van der Waals surface area contributed by atoms with Crippen molar-refractivity contribution in [2.45, 2.75) is 50.7 Å². The van der Waals surface area contributed by atoms with E-state index in [1.165, 1.54) is 5.56 Å². The van der Waals surface area contributed by atoms with Crippen molar-refractivity contribution < 1.29 is 14.2 Å². The highest BCUT2D eigenvalue weighted by Crippen LogP contribution is 2.43. The van der Waals surface area contributed by atoms with Crippen molar-refractivity contribution in [3.05, 3.63) is 48.0 Å². The quantitative estimate of drug-likeness (QED) is 0.429. The largest absolute Gasteiger partial charge is 0.474 e. The fourth-order valence-electron chi connectivity index (χ4n) is 6.13. The lowest BCUT2D eigenvalue weighted by Crippen LogP contribution is -2.52. The van der Waals surface area contributed by atoms with Crippen LogP contribution in [-0.4, -0.2) is 76.7 Å². The third-order valence-electron chi connectivity index (χ3n) is 8.26. The van der Waals surface area contributed by atoms with Crippen molar-refractivity contribution >= 4 is 21.7 Å². The Morgan fingerprint density at radius 1 is 1.00 bits per heavy atom. The molecule has 0 unspecified atom stereocenters. The molecule has 7 rings (SSSR count). The average Bonchev–Trinajstić information content (AvgIpc) is 3.37. The van der Waals surface area contributed by atoms with Crippen LogP contribution in [-0.2, 0) is 9.47 Å². The van der Waals surface area contributed by atoms with Gasteiger partial charge >= 0.3 is 0 Å². The topological polar surface area (TPSA) is 85.4 Å². The molecule has 37 heavy (non-hydrogen) atoms. The van der Waals surface area contributed by atoms with Crippen molar-refractivity contribution in [2.24, 2.45) is 0 Å². The molecule has 3 aromatic heterocycles. The molecule has 2 saturated heterocycles. The minimum atomic E-state index is 0.178. The number of benzene rings is 1. The molecule has 0 spiro atoms. The van der Waals surface area contributed by atoms with Crippen molar-refractivity contribution in [2.75, 3.05) is 39.5 Å². The number of nitrogens with one attached hydrogen (secondary N) is 1. The molecule has 1 aromatic carbocycles. The van der Waals surface area contributed by atoms with E-state index < -0.39 is 0 Å². The molecule has 4 aromatic rings. The zero-order chi connectivity index (χ0) is 24.8. The minimum Gasteiger partial charge on any atom is -0.474 e. The zero-order valence-electron chi connectivity index (χ0n) is 21.3. The molecule has 3 fully saturated rings. The predicted molar refractivity (Wildman–Crippen MR) is 142 cm³/mol. The first kappa shape index (κ1) is 23.1. The van der Waals surface area contributed by atoms with E-state index in [-0.39, 0.29) is 6.10 Å². The van der Waals surface area contributed by atoms with Crippen LogP contribution in [0.5, 0.6) is 5.88 Å². The molecule has 2 aliphatic heterocycles. The first-order valence-electron chi connectivity index (χ1n) is 13.5. The van der Waals surface area contributed by atoms with Gasteiger partial charge in [0.25, 0.3) is 0 Å². The maximum absolute atomic E-state index is 6.71. The number of fused-ring (bicyclic) bond motifs is 2. The minimum absolute atomic E-state index is 0.178. The van der Waals surface area contributed by atoms with E-state index in [4.69, 9.17) is 19.2 Å². The molecule has 1 N–H and O–H groups in total. The molecular formula is C29H33N5O3. The number of aryl methyl sites for hydroxylation is 1. The van der Waals surface area contributed by atoms with Gasteiger partial charge < -0.3 is 14.2 Å². The highest BCUT2D eigenvalue weighted by Gasteiger charge is 2.37. The summed E-state index contributed by atoms with van der Waals surface area (Å²) in [5.41, 5.74) is 5.44. The molecule has 3 aliphatic rings. The van der Waals surface area contributed by atoms with Crippen LogP contribution >= 0.6 is 0 Å². The standard InChI is InChI=1S/C29H33N5O3/c1-18-12-20(2-5-30-18)27-24-13-21-17-31-33-26(21)16-25(24)29(32-28(27)19-3-8-35-9-4-19)37-23-14-22(15-23)34-6-10-36-11-7-34/h2,5,12-13,16-17,19,22-23H,3-4,6-11,14-15H2,1H3,(H,31,33)/t22-,23+. The van der Waals surface area contributed by atoms with E-state index in [0.717, 1.165) is 110 Å². The highest BCUT2D eigenvalue weighted by molar-refractivity contribution is 6.06. The molecule has 0 atom stereocenters. The lowest BCUT2D eigenvalue weighted by Gasteiger charge is -2.44. The molecule has 8 heteroatoms. The average molecular weight is 500 g/mol. The van der Waals surface area contributed by atoms with Crippen LogP contribution < -0.4 is 4.74 Å². The molecule has 1 saturated carbocycles. The Bertz CT molecular complexity index is 1420. The Morgan fingerprint density at radius 3 is 2.62 bits per heavy atom. The Balaban J connectivity index is 1.33. The van der Waals surface area contributed by atoms with Crippen LogP contribution in [0.4, 0.5) is 0 Å². The van der Waals surface area contributed by atoms with Gasteiger partial charge in [0.2, 0.25) is 5.88 Å². The Kier molecular flexibility index (Phi) is 6.03. The van der Waals surface area contributed by atoms with Gasteiger partial charge in [-0.2, -0.15) is 5.10 Å².